The zero-order valence-electron chi connectivity index (χ0n) is 7.55. The van der Waals surface area contributed by atoms with Gasteiger partial charge in [0.05, 0.1) is 6.54 Å². The van der Waals surface area contributed by atoms with Crippen LogP contribution >= 0.6 is 0 Å². The maximum Gasteiger partial charge on any atom is 0.223 e. The molecule has 0 N–H and O–H groups in total. The van der Waals surface area contributed by atoms with Gasteiger partial charge in [0, 0.05) is 13.5 Å². The van der Waals surface area contributed by atoms with Crippen LogP contribution in [0.3, 0.4) is 0 Å². The third-order valence-electron chi connectivity index (χ3n) is 2.44. The third-order valence-corrected chi connectivity index (χ3v) is 2.44. The van der Waals surface area contributed by atoms with E-state index in [2.05, 4.69) is 5.92 Å². The minimum atomic E-state index is 0.192. The van der Waals surface area contributed by atoms with Gasteiger partial charge in [-0.05, 0) is 18.8 Å². The Balaban J connectivity index is 2.22. The number of hydrogen-bond donors (Lipinski definition) is 0. The molecule has 1 aliphatic carbocycles. The van der Waals surface area contributed by atoms with Crippen LogP contribution in [0.4, 0.5) is 0 Å². The number of hydrogen-bond acceptors (Lipinski definition) is 1. The quantitative estimate of drug-likeness (QED) is 0.577. The summed E-state index contributed by atoms with van der Waals surface area (Å²) in [6.07, 6.45) is 9.52. The molecule has 1 fully saturated rings. The van der Waals surface area contributed by atoms with Crippen molar-refractivity contribution in [2.24, 2.45) is 5.92 Å². The van der Waals surface area contributed by atoms with E-state index in [0.717, 1.165) is 0 Å². The minimum absolute atomic E-state index is 0.192. The van der Waals surface area contributed by atoms with Gasteiger partial charge in [-0.25, -0.2) is 0 Å². The standard InChI is InChI=1S/C10H15NO/c1-3-7-11(2)10(12)8-9-5-4-6-9/h1,9H,4-8H2,2H3. The number of nitrogens with zero attached hydrogens (tertiary/aromatic N) is 1. The first kappa shape index (κ1) is 9.12. The second-order valence-electron chi connectivity index (χ2n) is 3.45. The average molecular weight is 165 g/mol. The minimum Gasteiger partial charge on any atom is -0.335 e. The molecule has 0 aromatic carbocycles. The predicted octanol–water partition coefficient (Wildman–Crippen LogP) is 1.27. The Kier molecular flexibility index (Phi) is 3.16. The topological polar surface area (TPSA) is 20.3 Å². The van der Waals surface area contributed by atoms with Crippen molar-refractivity contribution < 1.29 is 4.79 Å². The molecule has 0 aromatic rings. The van der Waals surface area contributed by atoms with Crippen LogP contribution in [0.2, 0.25) is 0 Å². The van der Waals surface area contributed by atoms with Crippen LogP contribution in [0.1, 0.15) is 25.7 Å². The molecule has 2 nitrogen and oxygen atoms in total. The summed E-state index contributed by atoms with van der Waals surface area (Å²) < 4.78 is 0. The highest BCUT2D eigenvalue weighted by molar-refractivity contribution is 5.76. The zero-order valence-corrected chi connectivity index (χ0v) is 7.55. The second-order valence-corrected chi connectivity index (χ2v) is 3.45. The molecule has 0 spiro atoms. The van der Waals surface area contributed by atoms with E-state index in [0.29, 0.717) is 18.9 Å². The highest BCUT2D eigenvalue weighted by Gasteiger charge is 2.21. The van der Waals surface area contributed by atoms with Crippen molar-refractivity contribution in [2.45, 2.75) is 25.7 Å². The maximum absolute atomic E-state index is 11.4. The normalized spacial score (nSPS) is 16.3. The summed E-state index contributed by atoms with van der Waals surface area (Å²) in [6, 6.07) is 0. The first-order valence-electron chi connectivity index (χ1n) is 4.41. The lowest BCUT2D eigenvalue weighted by molar-refractivity contribution is -0.130. The van der Waals surface area contributed by atoms with Crippen LogP contribution in [-0.2, 0) is 4.79 Å². The highest BCUT2D eigenvalue weighted by Crippen LogP contribution is 2.29. The SMILES string of the molecule is C#CCN(C)C(=O)CC1CCC1. The molecular weight excluding hydrogens is 150 g/mol. The molecule has 1 saturated carbocycles. The fraction of sp³-hybridized carbons (Fsp3) is 0.700. The number of amides is 1. The Morgan fingerprint density at radius 1 is 1.67 bits per heavy atom. The summed E-state index contributed by atoms with van der Waals surface area (Å²) in [6.45, 7) is 0.436. The van der Waals surface area contributed by atoms with Gasteiger partial charge < -0.3 is 4.90 Å². The van der Waals surface area contributed by atoms with Crippen molar-refractivity contribution in [3.05, 3.63) is 0 Å². The lowest BCUT2D eigenvalue weighted by Gasteiger charge is -2.26. The number of rotatable bonds is 3. The van der Waals surface area contributed by atoms with Gasteiger partial charge in [-0.1, -0.05) is 12.3 Å². The molecule has 0 bridgehead atoms. The van der Waals surface area contributed by atoms with Crippen LogP contribution in [0, 0.1) is 18.3 Å². The zero-order chi connectivity index (χ0) is 8.97. The fourth-order valence-electron chi connectivity index (χ4n) is 1.32. The van der Waals surface area contributed by atoms with E-state index in [4.69, 9.17) is 6.42 Å². The lowest BCUT2D eigenvalue weighted by Crippen LogP contribution is -2.30. The third kappa shape index (κ3) is 2.27. The highest BCUT2D eigenvalue weighted by atomic mass is 16.2. The van der Waals surface area contributed by atoms with Crippen molar-refractivity contribution >= 4 is 5.91 Å². The molecule has 1 amide bonds. The molecule has 0 radical (unpaired) electrons. The monoisotopic (exact) mass is 165 g/mol. The van der Waals surface area contributed by atoms with Gasteiger partial charge in [0.25, 0.3) is 0 Å². The molecule has 12 heavy (non-hydrogen) atoms. The Labute approximate surface area is 73.9 Å². The molecule has 0 aliphatic heterocycles. The van der Waals surface area contributed by atoms with E-state index in [1.807, 2.05) is 0 Å². The van der Waals surface area contributed by atoms with Gasteiger partial charge in [-0.2, -0.15) is 0 Å². The maximum atomic E-state index is 11.4. The largest absolute Gasteiger partial charge is 0.335 e. The van der Waals surface area contributed by atoms with Gasteiger partial charge in [-0.3, -0.25) is 4.79 Å². The van der Waals surface area contributed by atoms with Crippen LogP contribution in [0.15, 0.2) is 0 Å². The smallest absolute Gasteiger partial charge is 0.223 e. The first-order chi connectivity index (χ1) is 5.74. The Hall–Kier alpha value is -0.970. The molecule has 0 saturated heterocycles. The van der Waals surface area contributed by atoms with Crippen LogP contribution in [-0.4, -0.2) is 24.4 Å². The summed E-state index contributed by atoms with van der Waals surface area (Å²) in [4.78, 5) is 13.0. The van der Waals surface area contributed by atoms with Gasteiger partial charge >= 0.3 is 0 Å². The Morgan fingerprint density at radius 3 is 2.75 bits per heavy atom. The Morgan fingerprint density at radius 2 is 2.33 bits per heavy atom. The van der Waals surface area contributed by atoms with Crippen LogP contribution < -0.4 is 0 Å². The second kappa shape index (κ2) is 4.15. The Bertz CT molecular complexity index is 200. The van der Waals surface area contributed by atoms with E-state index in [9.17, 15) is 4.79 Å². The van der Waals surface area contributed by atoms with Gasteiger partial charge in [0.1, 0.15) is 0 Å². The fourth-order valence-corrected chi connectivity index (χ4v) is 1.32. The predicted molar refractivity (Wildman–Crippen MR) is 48.4 cm³/mol. The summed E-state index contributed by atoms with van der Waals surface area (Å²) in [5, 5.41) is 0. The van der Waals surface area contributed by atoms with Crippen molar-refractivity contribution in [3.63, 3.8) is 0 Å². The van der Waals surface area contributed by atoms with Crippen molar-refractivity contribution in [1.82, 2.24) is 4.90 Å². The summed E-state index contributed by atoms with van der Waals surface area (Å²) in [5.74, 6) is 3.29. The lowest BCUT2D eigenvalue weighted by atomic mass is 9.83. The van der Waals surface area contributed by atoms with Crippen molar-refractivity contribution in [1.29, 1.82) is 0 Å². The van der Waals surface area contributed by atoms with E-state index >= 15 is 0 Å². The van der Waals surface area contributed by atoms with E-state index in [1.165, 1.54) is 19.3 Å². The summed E-state index contributed by atoms with van der Waals surface area (Å²) >= 11 is 0. The van der Waals surface area contributed by atoms with Gasteiger partial charge in [0.2, 0.25) is 5.91 Å². The molecular formula is C10H15NO. The van der Waals surface area contributed by atoms with Crippen LogP contribution in [0.5, 0.6) is 0 Å². The molecule has 2 heteroatoms. The molecule has 0 atom stereocenters. The molecule has 66 valence electrons. The van der Waals surface area contributed by atoms with Gasteiger partial charge in [0.15, 0.2) is 0 Å². The molecule has 0 unspecified atom stereocenters. The number of terminal acetylenes is 1. The molecule has 0 heterocycles. The van der Waals surface area contributed by atoms with Crippen LogP contribution in [0.25, 0.3) is 0 Å². The number of carbonyl (C=O) groups is 1. The average Bonchev–Trinajstić information content (AvgIpc) is 1.97. The van der Waals surface area contributed by atoms with E-state index < -0.39 is 0 Å². The van der Waals surface area contributed by atoms with Gasteiger partial charge in [-0.15, -0.1) is 6.42 Å². The number of carbonyl (C=O) groups excluding carboxylic acids is 1. The summed E-state index contributed by atoms with van der Waals surface area (Å²) in [7, 11) is 1.76. The summed E-state index contributed by atoms with van der Waals surface area (Å²) in [5.41, 5.74) is 0. The molecule has 1 aliphatic rings. The van der Waals surface area contributed by atoms with Crippen molar-refractivity contribution in [2.75, 3.05) is 13.6 Å². The molecule has 0 aromatic heterocycles. The van der Waals surface area contributed by atoms with E-state index in [1.54, 1.807) is 11.9 Å². The molecule has 1 rings (SSSR count). The van der Waals surface area contributed by atoms with Crippen molar-refractivity contribution in [3.8, 4) is 12.3 Å². The van der Waals surface area contributed by atoms with E-state index in [-0.39, 0.29) is 5.91 Å². The first-order valence-corrected chi connectivity index (χ1v) is 4.41.